The summed E-state index contributed by atoms with van der Waals surface area (Å²) in [6.07, 6.45) is 0.215. The number of hydrogen-bond donors (Lipinski definition) is 2. The number of aliphatic imine (C=N–C) groups is 1. The number of piperidine rings is 1. The molecule has 11 nitrogen and oxygen atoms in total. The number of halogens is 4. The van der Waals surface area contributed by atoms with Crippen LogP contribution in [0.25, 0.3) is 0 Å². The van der Waals surface area contributed by atoms with Crippen LogP contribution >= 0.6 is 11.6 Å². The molecule has 5 aliphatic rings. The lowest BCUT2D eigenvalue weighted by atomic mass is 9.97. The van der Waals surface area contributed by atoms with Crippen molar-refractivity contribution in [1.29, 1.82) is 0 Å². The molecule has 4 aliphatic heterocycles. The maximum absolute atomic E-state index is 14.5. The highest BCUT2D eigenvalue weighted by atomic mass is 35.5. The van der Waals surface area contributed by atoms with Gasteiger partial charge in [-0.1, -0.05) is 29.8 Å². The third-order valence-corrected chi connectivity index (χ3v) is 11.4. The van der Waals surface area contributed by atoms with Crippen molar-refractivity contribution in [3.63, 3.8) is 0 Å². The second-order valence-corrected chi connectivity index (χ2v) is 15.4. The molecule has 1 aliphatic carbocycles. The van der Waals surface area contributed by atoms with Crippen LogP contribution in [0.3, 0.4) is 0 Å². The standard InChI is InChI=1S/C41H40ClF3N6O5/c1-22-15-23(5-8-27(16-22)56-35-4-2-3-28-30(35)20-51(41(28)55)34-11-12-37(52)48-39(34)53)40(54)49-14-13-26(19-49)46-38-29-17-24(42)6-9-32(29)50(21-36(44)45)33-10-7-25(43)18-31(33)47-38/h2-4,6-7,9-10,17-18,23,26-27,34,36H,1,5,8,11-16,19-21H2,(H,46,47)(H,48,52,53). The molecule has 4 unspecified atom stereocenters. The minimum Gasteiger partial charge on any atom is -0.490 e. The van der Waals surface area contributed by atoms with Gasteiger partial charge < -0.3 is 24.8 Å². The average Bonchev–Trinajstić information content (AvgIpc) is 3.67. The number of amides is 4. The summed E-state index contributed by atoms with van der Waals surface area (Å²) in [4.78, 5) is 61.3. The molecule has 3 aromatic carbocycles. The monoisotopic (exact) mass is 788 g/mol. The van der Waals surface area contributed by atoms with Gasteiger partial charge in [0.25, 0.3) is 12.3 Å². The summed E-state index contributed by atoms with van der Waals surface area (Å²) in [5.41, 5.74) is 3.64. The van der Waals surface area contributed by atoms with E-state index in [4.69, 9.17) is 21.3 Å². The molecule has 0 spiro atoms. The number of anilines is 3. The van der Waals surface area contributed by atoms with E-state index >= 15 is 0 Å². The van der Waals surface area contributed by atoms with Crippen LogP contribution in [-0.4, -0.2) is 83.5 Å². The topological polar surface area (TPSA) is 124 Å². The Morgan fingerprint density at radius 2 is 1.80 bits per heavy atom. The van der Waals surface area contributed by atoms with Gasteiger partial charge in [0.2, 0.25) is 17.7 Å². The maximum Gasteiger partial charge on any atom is 0.256 e. The zero-order chi connectivity index (χ0) is 39.2. The quantitative estimate of drug-likeness (QED) is 0.157. The largest absolute Gasteiger partial charge is 0.490 e. The SMILES string of the molecule is C=C1CC(Oc2cccc3c2CN(C2CCC(=O)NC2=O)C3=O)CCC(C(=O)N2CCC(N=C3Nc4cc(F)ccc4N(CC(F)F)c4ccc(Cl)cc43)C2)C1. The lowest BCUT2D eigenvalue weighted by Crippen LogP contribution is -2.52. The van der Waals surface area contributed by atoms with Crippen LogP contribution in [0.4, 0.5) is 30.2 Å². The Morgan fingerprint density at radius 3 is 2.61 bits per heavy atom. The summed E-state index contributed by atoms with van der Waals surface area (Å²) in [5.74, 6) is -1.06. The molecule has 8 rings (SSSR count). The van der Waals surface area contributed by atoms with Gasteiger partial charge in [0.05, 0.1) is 36.2 Å². The number of hydrogen-bond acceptors (Lipinski definition) is 7. The van der Waals surface area contributed by atoms with E-state index in [-0.39, 0.29) is 60.9 Å². The second-order valence-electron chi connectivity index (χ2n) is 15.0. The third-order valence-electron chi connectivity index (χ3n) is 11.2. The Kier molecular flexibility index (Phi) is 10.2. The van der Waals surface area contributed by atoms with Crippen molar-refractivity contribution >= 4 is 58.1 Å². The van der Waals surface area contributed by atoms with E-state index < -0.39 is 30.7 Å². The normalized spacial score (nSPS) is 24.4. The van der Waals surface area contributed by atoms with Gasteiger partial charge in [0.1, 0.15) is 29.5 Å². The van der Waals surface area contributed by atoms with E-state index in [0.29, 0.717) is 89.9 Å². The van der Waals surface area contributed by atoms with Crippen LogP contribution in [0.5, 0.6) is 5.75 Å². The van der Waals surface area contributed by atoms with E-state index in [1.54, 1.807) is 35.2 Å². The van der Waals surface area contributed by atoms with Crippen molar-refractivity contribution in [2.75, 3.05) is 29.9 Å². The van der Waals surface area contributed by atoms with Crippen molar-refractivity contribution in [1.82, 2.24) is 15.1 Å². The summed E-state index contributed by atoms with van der Waals surface area (Å²) >= 11 is 6.39. The highest BCUT2D eigenvalue weighted by Gasteiger charge is 2.41. The molecule has 4 atom stereocenters. The Morgan fingerprint density at radius 1 is 0.982 bits per heavy atom. The highest BCUT2D eigenvalue weighted by Crippen LogP contribution is 2.41. The molecular weight excluding hydrogens is 749 g/mol. The zero-order valence-corrected chi connectivity index (χ0v) is 31.2. The number of alkyl halides is 2. The Bertz CT molecular complexity index is 2170. The van der Waals surface area contributed by atoms with E-state index in [2.05, 4.69) is 17.2 Å². The molecule has 0 radical (unpaired) electrons. The third kappa shape index (κ3) is 7.46. The molecular formula is C41H40ClF3N6O5. The zero-order valence-electron chi connectivity index (χ0n) is 30.4. The van der Waals surface area contributed by atoms with Crippen LogP contribution in [0, 0.1) is 11.7 Å². The number of imide groups is 1. The Labute approximate surface area is 326 Å². The average molecular weight is 789 g/mol. The molecule has 0 bridgehead atoms. The number of rotatable bonds is 7. The van der Waals surface area contributed by atoms with Crippen molar-refractivity contribution in [2.24, 2.45) is 10.9 Å². The van der Waals surface area contributed by atoms with Crippen molar-refractivity contribution in [2.45, 2.75) is 76.1 Å². The molecule has 56 heavy (non-hydrogen) atoms. The van der Waals surface area contributed by atoms with Gasteiger partial charge >= 0.3 is 0 Å². The number of likely N-dealkylation sites (tertiary alicyclic amines) is 1. The first kappa shape index (κ1) is 37.5. The predicted octanol–water partition coefficient (Wildman–Crippen LogP) is 6.61. The van der Waals surface area contributed by atoms with Gasteiger partial charge in [-0.15, -0.1) is 0 Å². The van der Waals surface area contributed by atoms with Crippen molar-refractivity contribution < 1.29 is 37.1 Å². The first-order valence-corrected chi connectivity index (χ1v) is 19.2. The van der Waals surface area contributed by atoms with Crippen LogP contribution in [0.2, 0.25) is 5.02 Å². The number of carbonyl (C=O) groups is 4. The summed E-state index contributed by atoms with van der Waals surface area (Å²) < 4.78 is 48.7. The lowest BCUT2D eigenvalue weighted by Gasteiger charge is -2.29. The predicted molar refractivity (Wildman–Crippen MR) is 204 cm³/mol. The van der Waals surface area contributed by atoms with E-state index in [0.717, 1.165) is 5.57 Å². The molecule has 0 aromatic heterocycles. The van der Waals surface area contributed by atoms with Crippen molar-refractivity contribution in [3.8, 4) is 5.75 Å². The van der Waals surface area contributed by atoms with Crippen LogP contribution in [0.15, 0.2) is 71.7 Å². The van der Waals surface area contributed by atoms with Gasteiger partial charge in [0, 0.05) is 53.6 Å². The van der Waals surface area contributed by atoms with Gasteiger partial charge in [-0.3, -0.25) is 29.5 Å². The van der Waals surface area contributed by atoms with Crippen molar-refractivity contribution in [3.05, 3.63) is 94.3 Å². The van der Waals surface area contributed by atoms with E-state index in [1.807, 2.05) is 6.07 Å². The fourth-order valence-corrected chi connectivity index (χ4v) is 8.70. The van der Waals surface area contributed by atoms with Crippen LogP contribution < -0.4 is 20.3 Å². The number of ether oxygens (including phenoxy) is 1. The number of nitrogens with one attached hydrogen (secondary N) is 2. The number of carbonyl (C=O) groups excluding carboxylic acids is 4. The smallest absolute Gasteiger partial charge is 0.256 e. The minimum absolute atomic E-state index is 0.00613. The van der Waals surface area contributed by atoms with Crippen LogP contribution in [-0.2, 0) is 20.9 Å². The lowest BCUT2D eigenvalue weighted by molar-refractivity contribution is -0.137. The summed E-state index contributed by atoms with van der Waals surface area (Å²) in [6, 6.07) is 13.1. The number of fused-ring (bicyclic) bond motifs is 3. The van der Waals surface area contributed by atoms with E-state index in [1.165, 1.54) is 28.0 Å². The van der Waals surface area contributed by atoms with Crippen LogP contribution in [0.1, 0.15) is 66.4 Å². The highest BCUT2D eigenvalue weighted by molar-refractivity contribution is 6.31. The number of nitrogens with zero attached hydrogens (tertiary/aromatic N) is 4. The fraction of sp³-hybridized carbons (Fsp3) is 0.390. The summed E-state index contributed by atoms with van der Waals surface area (Å²) in [7, 11) is 0. The van der Waals surface area contributed by atoms with E-state index in [9.17, 15) is 32.3 Å². The Hall–Kier alpha value is -5.37. The van der Waals surface area contributed by atoms with Gasteiger partial charge in [-0.25, -0.2) is 13.2 Å². The maximum atomic E-state index is 14.5. The summed E-state index contributed by atoms with van der Waals surface area (Å²) in [5, 5.41) is 5.89. The number of amidine groups is 1. The fourth-order valence-electron chi connectivity index (χ4n) is 8.53. The molecule has 1 saturated carbocycles. The molecule has 2 saturated heterocycles. The molecule has 4 heterocycles. The first-order valence-electron chi connectivity index (χ1n) is 18.8. The molecule has 3 fully saturated rings. The molecule has 292 valence electrons. The summed E-state index contributed by atoms with van der Waals surface area (Å²) in [6.45, 7) is 4.66. The molecule has 4 amide bonds. The molecule has 3 aromatic rings. The van der Waals surface area contributed by atoms with Gasteiger partial charge in [-0.2, -0.15) is 0 Å². The van der Waals surface area contributed by atoms with Gasteiger partial charge in [0.15, 0.2) is 0 Å². The molecule has 2 N–H and O–H groups in total. The Balaban J connectivity index is 0.947. The van der Waals surface area contributed by atoms with Gasteiger partial charge in [-0.05, 0) is 80.6 Å². The first-order chi connectivity index (χ1) is 26.9. The molecule has 15 heteroatoms. The second kappa shape index (κ2) is 15.3. The number of benzene rings is 3. The minimum atomic E-state index is -2.67.